The molecule has 0 bridgehead atoms. The fraction of sp³-hybridized carbons (Fsp3) is 0.375. The molecule has 0 aromatic carbocycles. The van der Waals surface area contributed by atoms with E-state index in [1.807, 2.05) is 11.5 Å². The first-order valence-electron chi connectivity index (χ1n) is 4.87. The molecule has 2 heterocycles. The molecule has 0 saturated carbocycles. The van der Waals surface area contributed by atoms with Gasteiger partial charge in [0.2, 0.25) is 5.28 Å². The number of anilines is 1. The molecule has 2 aromatic rings. The van der Waals surface area contributed by atoms with E-state index < -0.39 is 0 Å². The summed E-state index contributed by atoms with van der Waals surface area (Å²) in [5.74, 6) is 1.15. The Balaban J connectivity index is 2.09. The molecule has 0 saturated heterocycles. The van der Waals surface area contributed by atoms with Crippen molar-refractivity contribution < 1.29 is 0 Å². The molecule has 1 N–H and O–H groups in total. The topological polar surface area (TPSA) is 81.4 Å². The zero-order valence-corrected chi connectivity index (χ0v) is 10.4. The minimum absolute atomic E-state index is 0.0360. The van der Waals surface area contributed by atoms with Crippen molar-refractivity contribution in [2.75, 3.05) is 5.32 Å². The van der Waals surface area contributed by atoms with Crippen molar-refractivity contribution in [2.45, 2.75) is 20.0 Å². The minimum atomic E-state index is 0.0360. The van der Waals surface area contributed by atoms with Crippen LogP contribution in [0, 0.1) is 0 Å². The van der Waals surface area contributed by atoms with E-state index in [4.69, 9.17) is 23.2 Å². The van der Waals surface area contributed by atoms with Gasteiger partial charge >= 0.3 is 0 Å². The smallest absolute Gasteiger partial charge is 0.245 e. The van der Waals surface area contributed by atoms with Crippen LogP contribution in [0.1, 0.15) is 12.7 Å². The van der Waals surface area contributed by atoms with E-state index in [9.17, 15) is 0 Å². The molecule has 17 heavy (non-hydrogen) atoms. The third kappa shape index (κ3) is 2.80. The van der Waals surface area contributed by atoms with E-state index in [0.29, 0.717) is 12.4 Å². The van der Waals surface area contributed by atoms with E-state index in [1.54, 1.807) is 6.33 Å². The average molecular weight is 274 g/mol. The van der Waals surface area contributed by atoms with Crippen LogP contribution in [-0.2, 0) is 13.1 Å². The number of rotatable bonds is 4. The molecule has 0 aliphatic rings. The SMILES string of the molecule is CCn1cnnc1CNc1nc(Cl)nnc1Cl. The molecule has 0 spiro atoms. The largest absolute Gasteiger partial charge is 0.360 e. The summed E-state index contributed by atoms with van der Waals surface area (Å²) in [6, 6.07) is 0. The molecule has 0 unspecified atom stereocenters. The first-order valence-corrected chi connectivity index (χ1v) is 5.62. The normalized spacial score (nSPS) is 10.5. The second-order valence-electron chi connectivity index (χ2n) is 3.11. The second-order valence-corrected chi connectivity index (χ2v) is 3.80. The number of hydrogen-bond donors (Lipinski definition) is 1. The molecule has 7 nitrogen and oxygen atoms in total. The molecular formula is C8H9Cl2N7. The van der Waals surface area contributed by atoms with Gasteiger partial charge in [0, 0.05) is 6.54 Å². The molecule has 0 amide bonds. The highest BCUT2D eigenvalue weighted by Crippen LogP contribution is 2.16. The van der Waals surface area contributed by atoms with Gasteiger partial charge in [0.1, 0.15) is 6.33 Å². The van der Waals surface area contributed by atoms with Gasteiger partial charge in [0.05, 0.1) is 6.54 Å². The zero-order chi connectivity index (χ0) is 12.3. The molecule has 0 atom stereocenters. The Labute approximate surface area is 107 Å². The first kappa shape index (κ1) is 12.0. The molecule has 0 aliphatic carbocycles. The van der Waals surface area contributed by atoms with Gasteiger partial charge < -0.3 is 9.88 Å². The lowest BCUT2D eigenvalue weighted by Crippen LogP contribution is -2.09. The summed E-state index contributed by atoms with van der Waals surface area (Å²) in [4.78, 5) is 3.92. The van der Waals surface area contributed by atoms with Gasteiger partial charge in [-0.25, -0.2) is 0 Å². The molecule has 0 radical (unpaired) electrons. The first-order chi connectivity index (χ1) is 8.20. The number of halogens is 2. The lowest BCUT2D eigenvalue weighted by molar-refractivity contribution is 0.707. The van der Waals surface area contributed by atoms with Crippen molar-refractivity contribution in [3.8, 4) is 0 Å². The Kier molecular flexibility index (Phi) is 3.70. The van der Waals surface area contributed by atoms with Gasteiger partial charge in [0.25, 0.3) is 0 Å². The van der Waals surface area contributed by atoms with Crippen LogP contribution in [0.5, 0.6) is 0 Å². The van der Waals surface area contributed by atoms with Crippen molar-refractivity contribution in [2.24, 2.45) is 0 Å². The third-order valence-electron chi connectivity index (χ3n) is 2.07. The van der Waals surface area contributed by atoms with Crippen LogP contribution in [0.2, 0.25) is 10.4 Å². The quantitative estimate of drug-likeness (QED) is 0.907. The number of aryl methyl sites for hydroxylation is 1. The molecule has 0 fully saturated rings. The van der Waals surface area contributed by atoms with E-state index in [2.05, 4.69) is 30.7 Å². The maximum absolute atomic E-state index is 5.81. The summed E-state index contributed by atoms with van der Waals surface area (Å²) in [6.07, 6.45) is 1.66. The van der Waals surface area contributed by atoms with Gasteiger partial charge in [0.15, 0.2) is 16.8 Å². The van der Waals surface area contributed by atoms with Gasteiger partial charge in [-0.05, 0) is 18.5 Å². The maximum atomic E-state index is 5.81. The van der Waals surface area contributed by atoms with Crippen LogP contribution >= 0.6 is 23.2 Å². The fourth-order valence-corrected chi connectivity index (χ4v) is 1.52. The summed E-state index contributed by atoms with van der Waals surface area (Å²) < 4.78 is 1.90. The lowest BCUT2D eigenvalue weighted by Gasteiger charge is -2.06. The summed E-state index contributed by atoms with van der Waals surface area (Å²) in [6.45, 7) is 3.23. The number of hydrogen-bond acceptors (Lipinski definition) is 6. The Morgan fingerprint density at radius 3 is 2.88 bits per heavy atom. The molecule has 2 rings (SSSR count). The van der Waals surface area contributed by atoms with Gasteiger partial charge in [-0.3, -0.25) is 0 Å². The van der Waals surface area contributed by atoms with Crippen LogP contribution in [-0.4, -0.2) is 29.9 Å². The second kappa shape index (κ2) is 5.24. The number of nitrogens with zero attached hydrogens (tertiary/aromatic N) is 6. The molecule has 0 aliphatic heterocycles. The van der Waals surface area contributed by atoms with Crippen molar-refractivity contribution in [1.82, 2.24) is 29.9 Å². The van der Waals surface area contributed by atoms with E-state index in [-0.39, 0.29) is 10.4 Å². The molecule has 9 heteroatoms. The fourth-order valence-electron chi connectivity index (χ4n) is 1.25. The number of aromatic nitrogens is 6. The third-order valence-corrected chi connectivity index (χ3v) is 2.48. The van der Waals surface area contributed by atoms with Crippen LogP contribution in [0.25, 0.3) is 0 Å². The highest BCUT2D eigenvalue weighted by molar-refractivity contribution is 6.32. The Morgan fingerprint density at radius 2 is 2.12 bits per heavy atom. The highest BCUT2D eigenvalue weighted by Gasteiger charge is 2.08. The predicted octanol–water partition coefficient (Wildman–Crippen LogP) is 1.40. The summed E-state index contributed by atoms with van der Waals surface area (Å²) in [5, 5.41) is 18.1. The van der Waals surface area contributed by atoms with Crippen molar-refractivity contribution in [3.63, 3.8) is 0 Å². The van der Waals surface area contributed by atoms with E-state index in [0.717, 1.165) is 12.4 Å². The van der Waals surface area contributed by atoms with Crippen LogP contribution in [0.4, 0.5) is 5.82 Å². The van der Waals surface area contributed by atoms with E-state index >= 15 is 0 Å². The van der Waals surface area contributed by atoms with Crippen LogP contribution in [0.3, 0.4) is 0 Å². The average Bonchev–Trinajstić information content (AvgIpc) is 2.77. The Bertz CT molecular complexity index is 512. The van der Waals surface area contributed by atoms with E-state index in [1.165, 1.54) is 0 Å². The standard InChI is InChI=1S/C8H9Cl2N7/c1-2-17-4-12-14-5(17)3-11-7-6(9)15-16-8(10)13-7/h4H,2-3H2,1H3,(H,11,13,16). The highest BCUT2D eigenvalue weighted by atomic mass is 35.5. The number of nitrogens with one attached hydrogen (secondary N) is 1. The summed E-state index contributed by atoms with van der Waals surface area (Å²) >= 11 is 11.4. The predicted molar refractivity (Wildman–Crippen MR) is 62.9 cm³/mol. The van der Waals surface area contributed by atoms with Gasteiger partial charge in [-0.1, -0.05) is 11.6 Å². The zero-order valence-electron chi connectivity index (χ0n) is 8.93. The van der Waals surface area contributed by atoms with Crippen molar-refractivity contribution in [3.05, 3.63) is 22.6 Å². The molecule has 90 valence electrons. The van der Waals surface area contributed by atoms with Crippen LogP contribution in [0.15, 0.2) is 6.33 Å². The molecule has 2 aromatic heterocycles. The summed E-state index contributed by atoms with van der Waals surface area (Å²) in [7, 11) is 0. The monoisotopic (exact) mass is 273 g/mol. The summed E-state index contributed by atoms with van der Waals surface area (Å²) in [5.41, 5.74) is 0. The Morgan fingerprint density at radius 1 is 1.29 bits per heavy atom. The van der Waals surface area contributed by atoms with Crippen molar-refractivity contribution >= 4 is 29.0 Å². The Hall–Kier alpha value is -1.47. The maximum Gasteiger partial charge on any atom is 0.245 e. The van der Waals surface area contributed by atoms with Crippen LogP contribution < -0.4 is 5.32 Å². The van der Waals surface area contributed by atoms with Gasteiger partial charge in [-0.15, -0.1) is 20.4 Å². The van der Waals surface area contributed by atoms with Crippen molar-refractivity contribution in [1.29, 1.82) is 0 Å². The van der Waals surface area contributed by atoms with Gasteiger partial charge in [-0.2, -0.15) is 4.98 Å². The lowest BCUT2D eigenvalue weighted by atomic mass is 10.5. The minimum Gasteiger partial charge on any atom is -0.360 e. The molecular weight excluding hydrogens is 265 g/mol.